The van der Waals surface area contributed by atoms with Crippen LogP contribution < -0.4 is 4.90 Å². The van der Waals surface area contributed by atoms with Gasteiger partial charge in [0.1, 0.15) is 5.82 Å². The van der Waals surface area contributed by atoms with E-state index in [0.29, 0.717) is 18.7 Å². The molecule has 0 bridgehead atoms. The van der Waals surface area contributed by atoms with Crippen LogP contribution in [0.4, 0.5) is 14.9 Å². The standard InChI is InChI=1S/C14H17FN2O3/c1-9-12(13(18)19)7-8-17(9)14(20)16(2)11-5-3-10(15)4-6-11/h3-6,9,12H,7-8H2,1-2H3,(H,18,19). The quantitative estimate of drug-likeness (QED) is 0.903. The number of hydrogen-bond acceptors (Lipinski definition) is 2. The Balaban J connectivity index is 2.11. The molecule has 0 saturated carbocycles. The zero-order valence-corrected chi connectivity index (χ0v) is 11.4. The first kappa shape index (κ1) is 14.3. The fourth-order valence-corrected chi connectivity index (χ4v) is 2.51. The van der Waals surface area contributed by atoms with E-state index < -0.39 is 11.9 Å². The molecule has 1 aliphatic rings. The van der Waals surface area contributed by atoms with Gasteiger partial charge in [-0.05, 0) is 37.6 Å². The summed E-state index contributed by atoms with van der Waals surface area (Å²) in [7, 11) is 1.59. The van der Waals surface area contributed by atoms with Crippen LogP contribution in [0, 0.1) is 11.7 Å². The first-order valence-corrected chi connectivity index (χ1v) is 6.44. The van der Waals surface area contributed by atoms with Crippen molar-refractivity contribution in [3.63, 3.8) is 0 Å². The van der Waals surface area contributed by atoms with E-state index in [-0.39, 0.29) is 17.9 Å². The number of urea groups is 1. The van der Waals surface area contributed by atoms with E-state index in [1.54, 1.807) is 18.9 Å². The number of carbonyl (C=O) groups excluding carboxylic acids is 1. The number of amides is 2. The minimum absolute atomic E-state index is 0.271. The van der Waals surface area contributed by atoms with Gasteiger partial charge in [-0.15, -0.1) is 0 Å². The summed E-state index contributed by atoms with van der Waals surface area (Å²) in [6, 6.07) is 4.99. The van der Waals surface area contributed by atoms with Gasteiger partial charge in [0.25, 0.3) is 0 Å². The number of anilines is 1. The van der Waals surface area contributed by atoms with Gasteiger partial charge in [-0.2, -0.15) is 0 Å². The summed E-state index contributed by atoms with van der Waals surface area (Å²) in [6.45, 7) is 2.16. The summed E-state index contributed by atoms with van der Waals surface area (Å²) in [4.78, 5) is 26.4. The summed E-state index contributed by atoms with van der Waals surface area (Å²) in [6.07, 6.45) is 0.458. The number of likely N-dealkylation sites (tertiary alicyclic amines) is 1. The molecule has 6 heteroatoms. The van der Waals surface area contributed by atoms with Crippen molar-refractivity contribution < 1.29 is 19.1 Å². The van der Waals surface area contributed by atoms with Crippen LogP contribution in [0.2, 0.25) is 0 Å². The maximum atomic E-state index is 12.9. The van der Waals surface area contributed by atoms with E-state index in [1.165, 1.54) is 29.2 Å². The highest BCUT2D eigenvalue weighted by Gasteiger charge is 2.39. The normalized spacial score (nSPS) is 21.9. The lowest BCUT2D eigenvalue weighted by molar-refractivity contribution is -0.142. The lowest BCUT2D eigenvalue weighted by Gasteiger charge is -2.28. The van der Waals surface area contributed by atoms with Crippen LogP contribution in [-0.4, -0.2) is 41.6 Å². The number of carboxylic acid groups (broad SMARTS) is 1. The molecule has 0 aromatic heterocycles. The first-order chi connectivity index (χ1) is 9.41. The molecule has 1 N–H and O–H groups in total. The average molecular weight is 280 g/mol. The van der Waals surface area contributed by atoms with Crippen molar-refractivity contribution in [1.29, 1.82) is 0 Å². The van der Waals surface area contributed by atoms with Crippen molar-refractivity contribution in [2.75, 3.05) is 18.5 Å². The predicted molar refractivity (Wildman–Crippen MR) is 72.1 cm³/mol. The summed E-state index contributed by atoms with van der Waals surface area (Å²) in [5, 5.41) is 9.08. The minimum atomic E-state index is -0.878. The van der Waals surface area contributed by atoms with E-state index in [0.717, 1.165) is 0 Å². The van der Waals surface area contributed by atoms with Gasteiger partial charge in [-0.3, -0.25) is 9.69 Å². The molecule has 20 heavy (non-hydrogen) atoms. The fourth-order valence-electron chi connectivity index (χ4n) is 2.51. The smallest absolute Gasteiger partial charge is 0.324 e. The van der Waals surface area contributed by atoms with Crippen LogP contribution in [0.5, 0.6) is 0 Å². The highest BCUT2D eigenvalue weighted by molar-refractivity contribution is 5.92. The first-order valence-electron chi connectivity index (χ1n) is 6.44. The number of carboxylic acids is 1. The second kappa shape index (κ2) is 5.48. The molecule has 2 amide bonds. The summed E-state index contributed by atoms with van der Waals surface area (Å²) >= 11 is 0. The number of nitrogens with zero attached hydrogens (tertiary/aromatic N) is 2. The maximum absolute atomic E-state index is 12.9. The molecule has 2 atom stereocenters. The minimum Gasteiger partial charge on any atom is -0.481 e. The Morgan fingerprint density at radius 1 is 1.35 bits per heavy atom. The predicted octanol–water partition coefficient (Wildman–Crippen LogP) is 2.18. The average Bonchev–Trinajstić information content (AvgIpc) is 2.80. The van der Waals surface area contributed by atoms with Gasteiger partial charge in [-0.25, -0.2) is 9.18 Å². The molecule has 1 fully saturated rings. The van der Waals surface area contributed by atoms with Crippen molar-refractivity contribution in [3.05, 3.63) is 30.1 Å². The number of carbonyl (C=O) groups is 2. The molecule has 1 aliphatic heterocycles. The fraction of sp³-hybridized carbons (Fsp3) is 0.429. The molecule has 1 aromatic carbocycles. The Morgan fingerprint density at radius 2 is 1.95 bits per heavy atom. The van der Waals surface area contributed by atoms with Gasteiger partial charge >= 0.3 is 12.0 Å². The Hall–Kier alpha value is -2.11. The summed E-state index contributed by atoms with van der Waals surface area (Å²) < 4.78 is 12.9. The monoisotopic (exact) mass is 280 g/mol. The number of halogens is 1. The van der Waals surface area contributed by atoms with Crippen molar-refractivity contribution in [2.24, 2.45) is 5.92 Å². The third kappa shape index (κ3) is 2.59. The zero-order valence-electron chi connectivity index (χ0n) is 11.4. The van der Waals surface area contributed by atoms with E-state index >= 15 is 0 Å². The molecule has 108 valence electrons. The van der Waals surface area contributed by atoms with Gasteiger partial charge in [-0.1, -0.05) is 0 Å². The van der Waals surface area contributed by atoms with Crippen LogP contribution in [0.3, 0.4) is 0 Å². The molecule has 0 aliphatic carbocycles. The number of hydrogen-bond donors (Lipinski definition) is 1. The zero-order chi connectivity index (χ0) is 14.9. The number of aliphatic carboxylic acids is 1. The molecule has 0 radical (unpaired) electrons. The van der Waals surface area contributed by atoms with E-state index in [9.17, 15) is 14.0 Å². The lowest BCUT2D eigenvalue weighted by Crippen LogP contribution is -2.44. The van der Waals surface area contributed by atoms with Crippen molar-refractivity contribution in [3.8, 4) is 0 Å². The Morgan fingerprint density at radius 3 is 2.45 bits per heavy atom. The van der Waals surface area contributed by atoms with Gasteiger partial charge in [0.15, 0.2) is 0 Å². The van der Waals surface area contributed by atoms with Crippen molar-refractivity contribution in [2.45, 2.75) is 19.4 Å². The third-order valence-corrected chi connectivity index (χ3v) is 3.82. The van der Waals surface area contributed by atoms with Gasteiger partial charge in [0.2, 0.25) is 0 Å². The van der Waals surface area contributed by atoms with Crippen LogP contribution in [0.1, 0.15) is 13.3 Å². The second-order valence-electron chi connectivity index (χ2n) is 4.99. The van der Waals surface area contributed by atoms with Crippen LogP contribution in [0.15, 0.2) is 24.3 Å². The van der Waals surface area contributed by atoms with Crippen molar-refractivity contribution in [1.82, 2.24) is 4.90 Å². The third-order valence-electron chi connectivity index (χ3n) is 3.82. The topological polar surface area (TPSA) is 60.9 Å². The maximum Gasteiger partial charge on any atom is 0.324 e. The van der Waals surface area contributed by atoms with E-state index in [1.807, 2.05) is 0 Å². The van der Waals surface area contributed by atoms with Gasteiger partial charge in [0.05, 0.1) is 5.92 Å². The molecule has 0 spiro atoms. The van der Waals surface area contributed by atoms with Gasteiger partial charge < -0.3 is 10.0 Å². The molecule has 1 saturated heterocycles. The second-order valence-corrected chi connectivity index (χ2v) is 4.99. The highest BCUT2D eigenvalue weighted by Crippen LogP contribution is 2.26. The number of benzene rings is 1. The molecule has 5 nitrogen and oxygen atoms in total. The Kier molecular flexibility index (Phi) is 3.92. The Bertz CT molecular complexity index is 518. The molecular formula is C14H17FN2O3. The highest BCUT2D eigenvalue weighted by atomic mass is 19.1. The summed E-state index contributed by atoms with van der Waals surface area (Å²) in [5.74, 6) is -1.77. The molecular weight excluding hydrogens is 263 g/mol. The van der Waals surface area contributed by atoms with Gasteiger partial charge in [0, 0.05) is 25.3 Å². The number of rotatable bonds is 2. The van der Waals surface area contributed by atoms with E-state index in [2.05, 4.69) is 0 Å². The van der Waals surface area contributed by atoms with Crippen LogP contribution in [-0.2, 0) is 4.79 Å². The largest absolute Gasteiger partial charge is 0.481 e. The van der Waals surface area contributed by atoms with Crippen LogP contribution >= 0.6 is 0 Å². The molecule has 1 heterocycles. The molecule has 1 aromatic rings. The Labute approximate surface area is 116 Å². The van der Waals surface area contributed by atoms with Crippen molar-refractivity contribution >= 4 is 17.7 Å². The lowest BCUT2D eigenvalue weighted by atomic mass is 10.0. The SMILES string of the molecule is CC1C(C(=O)O)CCN1C(=O)N(C)c1ccc(F)cc1. The van der Waals surface area contributed by atoms with Crippen LogP contribution in [0.25, 0.3) is 0 Å². The molecule has 2 unspecified atom stereocenters. The molecule has 2 rings (SSSR count). The summed E-state index contributed by atoms with van der Waals surface area (Å²) in [5.41, 5.74) is 0.572. The van der Waals surface area contributed by atoms with E-state index in [4.69, 9.17) is 5.11 Å².